The highest BCUT2D eigenvalue weighted by Crippen LogP contribution is 2.26. The Balaban J connectivity index is 1.96. The number of hydrogen-bond acceptors (Lipinski definition) is 4. The summed E-state index contributed by atoms with van der Waals surface area (Å²) in [6.07, 6.45) is 0. The van der Waals surface area contributed by atoms with Crippen LogP contribution < -0.4 is 11.1 Å². The number of halogens is 1. The van der Waals surface area contributed by atoms with Crippen molar-refractivity contribution in [2.24, 2.45) is 0 Å². The van der Waals surface area contributed by atoms with Gasteiger partial charge in [-0.05, 0) is 30.3 Å². The van der Waals surface area contributed by atoms with Gasteiger partial charge in [0.2, 0.25) is 5.91 Å². The highest BCUT2D eigenvalue weighted by Gasteiger charge is 2.07. The summed E-state index contributed by atoms with van der Waals surface area (Å²) in [4.78, 5) is 12.8. The van der Waals surface area contributed by atoms with Gasteiger partial charge in [-0.3, -0.25) is 4.79 Å². The second-order valence-electron chi connectivity index (χ2n) is 4.18. The summed E-state index contributed by atoms with van der Waals surface area (Å²) in [6, 6.07) is 14.1. The molecule has 0 fully saturated rings. The standard InChI is InChI=1S/C15H12ClN3OS/c16-12-7-11(5-6-13(12)18)21-9-15(20)19-14-4-2-1-3-10(14)8-17/h1-7H,9,18H2,(H,19,20). The third-order valence-corrected chi connectivity index (χ3v) is 3.98. The zero-order valence-electron chi connectivity index (χ0n) is 11.0. The molecule has 6 heteroatoms. The maximum absolute atomic E-state index is 11.9. The maximum atomic E-state index is 11.9. The summed E-state index contributed by atoms with van der Waals surface area (Å²) >= 11 is 7.27. The fourth-order valence-corrected chi connectivity index (χ4v) is 2.60. The number of para-hydroxylation sites is 1. The molecule has 3 N–H and O–H groups in total. The number of thioether (sulfide) groups is 1. The van der Waals surface area contributed by atoms with Crippen molar-refractivity contribution >= 4 is 40.6 Å². The van der Waals surface area contributed by atoms with E-state index in [0.29, 0.717) is 22.0 Å². The first-order chi connectivity index (χ1) is 10.1. The molecule has 0 aromatic heterocycles. The lowest BCUT2D eigenvalue weighted by Gasteiger charge is -2.07. The van der Waals surface area contributed by atoms with Gasteiger partial charge >= 0.3 is 0 Å². The lowest BCUT2D eigenvalue weighted by atomic mass is 10.2. The molecule has 0 aliphatic heterocycles. The van der Waals surface area contributed by atoms with E-state index in [9.17, 15) is 4.79 Å². The molecule has 1 amide bonds. The molecule has 0 bridgehead atoms. The van der Waals surface area contributed by atoms with E-state index in [2.05, 4.69) is 5.32 Å². The Morgan fingerprint density at radius 3 is 2.81 bits per heavy atom. The Morgan fingerprint density at radius 2 is 2.10 bits per heavy atom. The van der Waals surface area contributed by atoms with Gasteiger partial charge in [-0.1, -0.05) is 23.7 Å². The number of anilines is 2. The highest BCUT2D eigenvalue weighted by atomic mass is 35.5. The van der Waals surface area contributed by atoms with Crippen molar-refractivity contribution in [3.05, 3.63) is 53.1 Å². The van der Waals surface area contributed by atoms with Crippen LogP contribution >= 0.6 is 23.4 Å². The van der Waals surface area contributed by atoms with Gasteiger partial charge in [0.25, 0.3) is 0 Å². The molecule has 0 spiro atoms. The van der Waals surface area contributed by atoms with Crippen LogP contribution in [0.15, 0.2) is 47.4 Å². The van der Waals surface area contributed by atoms with Crippen LogP contribution in [-0.2, 0) is 4.79 Å². The molecule has 0 aliphatic rings. The van der Waals surface area contributed by atoms with E-state index in [1.165, 1.54) is 11.8 Å². The number of hydrogen-bond donors (Lipinski definition) is 2. The average Bonchev–Trinajstić information content (AvgIpc) is 2.49. The van der Waals surface area contributed by atoms with Crippen molar-refractivity contribution < 1.29 is 4.79 Å². The molecule has 0 saturated carbocycles. The predicted octanol–water partition coefficient (Wildman–Crippen LogP) is 3.52. The molecular formula is C15H12ClN3OS. The average molecular weight is 318 g/mol. The molecule has 21 heavy (non-hydrogen) atoms. The van der Waals surface area contributed by atoms with Crippen molar-refractivity contribution in [2.45, 2.75) is 4.90 Å². The van der Waals surface area contributed by atoms with Gasteiger partial charge in [0.15, 0.2) is 0 Å². The van der Waals surface area contributed by atoms with Gasteiger partial charge in [0, 0.05) is 4.90 Å². The van der Waals surface area contributed by atoms with Crippen molar-refractivity contribution in [1.82, 2.24) is 0 Å². The summed E-state index contributed by atoms with van der Waals surface area (Å²) in [7, 11) is 0. The Hall–Kier alpha value is -2.16. The van der Waals surface area contributed by atoms with Crippen LogP contribution in [0, 0.1) is 11.3 Å². The van der Waals surface area contributed by atoms with E-state index in [-0.39, 0.29) is 11.7 Å². The zero-order valence-corrected chi connectivity index (χ0v) is 12.5. The molecule has 2 aromatic rings. The third-order valence-electron chi connectivity index (χ3n) is 2.66. The quantitative estimate of drug-likeness (QED) is 0.668. The minimum Gasteiger partial charge on any atom is -0.398 e. The molecule has 4 nitrogen and oxygen atoms in total. The number of nitrogens with zero attached hydrogens (tertiary/aromatic N) is 1. The first-order valence-electron chi connectivity index (χ1n) is 6.07. The number of nitrogens with one attached hydrogen (secondary N) is 1. The van der Waals surface area contributed by atoms with Crippen molar-refractivity contribution in [1.29, 1.82) is 5.26 Å². The molecule has 0 saturated heterocycles. The predicted molar refractivity (Wildman–Crippen MR) is 86.4 cm³/mol. The number of nitrogen functional groups attached to an aromatic ring is 1. The number of carbonyl (C=O) groups is 1. The fraction of sp³-hybridized carbons (Fsp3) is 0.0667. The van der Waals surface area contributed by atoms with Crippen LogP contribution in [0.3, 0.4) is 0 Å². The van der Waals surface area contributed by atoms with E-state index < -0.39 is 0 Å². The van der Waals surface area contributed by atoms with Crippen molar-refractivity contribution in [2.75, 3.05) is 16.8 Å². The summed E-state index contributed by atoms with van der Waals surface area (Å²) in [5.74, 6) is 0.0376. The van der Waals surface area contributed by atoms with E-state index in [4.69, 9.17) is 22.6 Å². The van der Waals surface area contributed by atoms with Gasteiger partial charge in [-0.2, -0.15) is 5.26 Å². The minimum atomic E-state index is -0.185. The first kappa shape index (κ1) is 15.2. The van der Waals surface area contributed by atoms with Crippen LogP contribution in [0.5, 0.6) is 0 Å². The second-order valence-corrected chi connectivity index (χ2v) is 5.63. The number of benzene rings is 2. The summed E-state index contributed by atoms with van der Waals surface area (Å²) in [5.41, 5.74) is 7.09. The number of nitriles is 1. The van der Waals surface area contributed by atoms with E-state index >= 15 is 0 Å². The van der Waals surface area contributed by atoms with Gasteiger partial charge in [-0.15, -0.1) is 11.8 Å². The molecular weight excluding hydrogens is 306 g/mol. The number of nitrogens with two attached hydrogens (primary N) is 1. The van der Waals surface area contributed by atoms with E-state index in [0.717, 1.165) is 4.90 Å². The SMILES string of the molecule is N#Cc1ccccc1NC(=O)CSc1ccc(N)c(Cl)c1. The summed E-state index contributed by atoms with van der Waals surface area (Å²) < 4.78 is 0. The number of rotatable bonds is 4. The second kappa shape index (κ2) is 7.02. The Labute approximate surface area is 131 Å². The Bertz CT molecular complexity index is 712. The molecule has 2 aromatic carbocycles. The monoisotopic (exact) mass is 317 g/mol. The summed E-state index contributed by atoms with van der Waals surface area (Å²) in [5, 5.41) is 12.1. The molecule has 2 rings (SSSR count). The first-order valence-corrected chi connectivity index (χ1v) is 7.43. The smallest absolute Gasteiger partial charge is 0.234 e. The Morgan fingerprint density at radius 1 is 1.33 bits per heavy atom. The van der Waals surface area contributed by atoms with E-state index in [1.807, 2.05) is 12.1 Å². The lowest BCUT2D eigenvalue weighted by molar-refractivity contribution is -0.113. The van der Waals surface area contributed by atoms with Gasteiger partial charge in [-0.25, -0.2) is 0 Å². The van der Waals surface area contributed by atoms with Crippen LogP contribution in [0.25, 0.3) is 0 Å². The van der Waals surface area contributed by atoms with Crippen LogP contribution in [-0.4, -0.2) is 11.7 Å². The molecule has 0 unspecified atom stereocenters. The van der Waals surface area contributed by atoms with Crippen LogP contribution in [0.4, 0.5) is 11.4 Å². The number of amides is 1. The maximum Gasteiger partial charge on any atom is 0.234 e. The minimum absolute atomic E-state index is 0.185. The van der Waals surface area contributed by atoms with Crippen LogP contribution in [0.2, 0.25) is 5.02 Å². The number of carbonyl (C=O) groups excluding carboxylic acids is 1. The molecule has 0 heterocycles. The van der Waals surface area contributed by atoms with Crippen molar-refractivity contribution in [3.63, 3.8) is 0 Å². The fourth-order valence-electron chi connectivity index (χ4n) is 1.62. The van der Waals surface area contributed by atoms with Gasteiger partial charge in [0.05, 0.1) is 27.7 Å². The molecule has 0 atom stereocenters. The van der Waals surface area contributed by atoms with E-state index in [1.54, 1.807) is 36.4 Å². The topological polar surface area (TPSA) is 78.9 Å². The largest absolute Gasteiger partial charge is 0.398 e. The Kier molecular flexibility index (Phi) is 5.09. The zero-order chi connectivity index (χ0) is 15.2. The normalized spacial score (nSPS) is 9.90. The molecule has 0 radical (unpaired) electrons. The van der Waals surface area contributed by atoms with Crippen molar-refractivity contribution in [3.8, 4) is 6.07 Å². The van der Waals surface area contributed by atoms with Gasteiger partial charge < -0.3 is 11.1 Å². The summed E-state index contributed by atoms with van der Waals surface area (Å²) in [6.45, 7) is 0. The van der Waals surface area contributed by atoms with Crippen LogP contribution in [0.1, 0.15) is 5.56 Å². The molecule has 0 aliphatic carbocycles. The molecule has 106 valence electrons. The highest BCUT2D eigenvalue weighted by molar-refractivity contribution is 8.00. The third kappa shape index (κ3) is 4.15. The lowest BCUT2D eigenvalue weighted by Crippen LogP contribution is -2.14. The van der Waals surface area contributed by atoms with Gasteiger partial charge in [0.1, 0.15) is 6.07 Å².